The molecule has 0 unspecified atom stereocenters. The SMILES string of the molecule is CCCc1ccc2c(N)c(C(=O)Nc3c(C)[nH]n(-c4ccccc4)c3=O)sc2n1. The van der Waals surface area contributed by atoms with E-state index in [1.54, 1.807) is 6.92 Å². The summed E-state index contributed by atoms with van der Waals surface area (Å²) in [6.45, 7) is 3.83. The highest BCUT2D eigenvalue weighted by atomic mass is 32.1. The van der Waals surface area contributed by atoms with E-state index in [0.717, 1.165) is 28.8 Å². The first kappa shape index (κ1) is 18.9. The number of carbonyl (C=O) groups excluding carboxylic acids is 1. The van der Waals surface area contributed by atoms with Gasteiger partial charge in [0, 0.05) is 11.1 Å². The summed E-state index contributed by atoms with van der Waals surface area (Å²) < 4.78 is 1.40. The van der Waals surface area contributed by atoms with Crippen molar-refractivity contribution in [3.8, 4) is 5.69 Å². The van der Waals surface area contributed by atoms with Crippen molar-refractivity contribution in [2.45, 2.75) is 26.7 Å². The third-order valence-electron chi connectivity index (χ3n) is 4.69. The van der Waals surface area contributed by atoms with Crippen molar-refractivity contribution < 1.29 is 4.79 Å². The average Bonchev–Trinajstić information content (AvgIpc) is 3.20. The number of anilines is 2. The number of hydrogen-bond acceptors (Lipinski definition) is 5. The third kappa shape index (κ3) is 3.42. The van der Waals surface area contributed by atoms with Gasteiger partial charge in [0.05, 0.1) is 17.1 Å². The van der Waals surface area contributed by atoms with Crippen molar-refractivity contribution in [3.05, 3.63) is 69.1 Å². The van der Waals surface area contributed by atoms with Crippen LogP contribution in [-0.4, -0.2) is 20.7 Å². The summed E-state index contributed by atoms with van der Waals surface area (Å²) in [4.78, 5) is 31.4. The maximum Gasteiger partial charge on any atom is 0.295 e. The lowest BCUT2D eigenvalue weighted by Gasteiger charge is -2.02. The minimum Gasteiger partial charge on any atom is -0.397 e. The van der Waals surface area contributed by atoms with E-state index in [9.17, 15) is 9.59 Å². The van der Waals surface area contributed by atoms with Gasteiger partial charge in [0.15, 0.2) is 0 Å². The van der Waals surface area contributed by atoms with Gasteiger partial charge >= 0.3 is 0 Å². The van der Waals surface area contributed by atoms with Gasteiger partial charge in [-0.05, 0) is 37.6 Å². The number of rotatable bonds is 5. The van der Waals surface area contributed by atoms with Gasteiger partial charge in [-0.2, -0.15) is 0 Å². The molecule has 148 valence electrons. The Bertz CT molecular complexity index is 1250. The van der Waals surface area contributed by atoms with Crippen LogP contribution in [0.4, 0.5) is 11.4 Å². The first-order chi connectivity index (χ1) is 14.0. The highest BCUT2D eigenvalue weighted by Crippen LogP contribution is 2.33. The van der Waals surface area contributed by atoms with Gasteiger partial charge in [0.2, 0.25) is 0 Å². The van der Waals surface area contributed by atoms with Crippen molar-refractivity contribution in [2.24, 2.45) is 0 Å². The molecule has 0 bridgehead atoms. The van der Waals surface area contributed by atoms with E-state index in [4.69, 9.17) is 5.73 Å². The van der Waals surface area contributed by atoms with Crippen LogP contribution in [0.3, 0.4) is 0 Å². The molecule has 0 fully saturated rings. The first-order valence-corrected chi connectivity index (χ1v) is 10.2. The number of fused-ring (bicyclic) bond motifs is 1. The Morgan fingerprint density at radius 1 is 1.24 bits per heavy atom. The maximum atomic E-state index is 12.9. The summed E-state index contributed by atoms with van der Waals surface area (Å²) in [6, 6.07) is 13.0. The molecule has 0 aliphatic carbocycles. The van der Waals surface area contributed by atoms with Gasteiger partial charge < -0.3 is 11.1 Å². The zero-order valence-electron chi connectivity index (χ0n) is 16.2. The number of benzene rings is 1. The molecule has 0 saturated carbocycles. The molecule has 7 nitrogen and oxygen atoms in total. The second kappa shape index (κ2) is 7.56. The average molecular weight is 407 g/mol. The second-order valence-electron chi connectivity index (χ2n) is 6.79. The molecule has 3 heterocycles. The van der Waals surface area contributed by atoms with Crippen LogP contribution in [0.2, 0.25) is 0 Å². The number of nitrogens with one attached hydrogen (secondary N) is 2. The molecule has 1 amide bonds. The van der Waals surface area contributed by atoms with Gasteiger partial charge in [0.25, 0.3) is 11.5 Å². The Hall–Kier alpha value is -3.39. The fourth-order valence-electron chi connectivity index (χ4n) is 3.22. The molecule has 1 aromatic carbocycles. The van der Waals surface area contributed by atoms with Crippen LogP contribution in [0.1, 0.15) is 34.4 Å². The summed E-state index contributed by atoms with van der Waals surface area (Å²) in [5, 5.41) is 6.48. The Morgan fingerprint density at radius 3 is 2.72 bits per heavy atom. The lowest BCUT2D eigenvalue weighted by Crippen LogP contribution is -2.21. The predicted molar refractivity (Wildman–Crippen MR) is 117 cm³/mol. The lowest BCUT2D eigenvalue weighted by molar-refractivity contribution is 0.103. The molecule has 0 aliphatic heterocycles. The predicted octanol–water partition coefficient (Wildman–Crippen LogP) is 3.87. The minimum atomic E-state index is -0.415. The van der Waals surface area contributed by atoms with E-state index in [0.29, 0.717) is 21.9 Å². The molecule has 3 aromatic heterocycles. The number of carbonyl (C=O) groups is 1. The summed E-state index contributed by atoms with van der Waals surface area (Å²) >= 11 is 1.24. The van der Waals surface area contributed by atoms with Crippen LogP contribution in [-0.2, 0) is 6.42 Å². The molecule has 4 aromatic rings. The largest absolute Gasteiger partial charge is 0.397 e. The number of thiophene rings is 1. The number of H-pyrrole nitrogens is 1. The van der Waals surface area contributed by atoms with Crippen molar-refractivity contribution in [3.63, 3.8) is 0 Å². The fraction of sp³-hybridized carbons (Fsp3) is 0.190. The molecule has 29 heavy (non-hydrogen) atoms. The summed E-state index contributed by atoms with van der Waals surface area (Å²) in [5.41, 5.74) is 8.70. The van der Waals surface area contributed by atoms with Crippen LogP contribution in [0.25, 0.3) is 15.9 Å². The smallest absolute Gasteiger partial charge is 0.295 e. The molecule has 0 saturated heterocycles. The number of aromatic amines is 1. The first-order valence-electron chi connectivity index (χ1n) is 9.36. The molecule has 0 spiro atoms. The molecular formula is C21H21N5O2S. The van der Waals surface area contributed by atoms with Crippen molar-refractivity contribution >= 4 is 38.8 Å². The Morgan fingerprint density at radius 2 is 2.00 bits per heavy atom. The molecule has 0 atom stereocenters. The molecule has 0 radical (unpaired) electrons. The standard InChI is InChI=1S/C21H21N5O2S/c1-3-7-13-10-11-15-16(22)18(29-20(15)23-13)19(27)24-17-12(2)25-26(21(17)28)14-8-5-4-6-9-14/h4-6,8-11,25H,3,7,22H2,1-2H3,(H,24,27). The summed E-state index contributed by atoms with van der Waals surface area (Å²) in [7, 11) is 0. The van der Waals surface area contributed by atoms with Crippen LogP contribution >= 0.6 is 11.3 Å². The number of para-hydroxylation sites is 1. The lowest BCUT2D eigenvalue weighted by atomic mass is 10.2. The number of hydrogen-bond donors (Lipinski definition) is 3. The minimum absolute atomic E-state index is 0.204. The van der Waals surface area contributed by atoms with Gasteiger partial charge in [-0.3, -0.25) is 14.7 Å². The monoisotopic (exact) mass is 407 g/mol. The van der Waals surface area contributed by atoms with E-state index in [2.05, 4.69) is 22.3 Å². The van der Waals surface area contributed by atoms with E-state index < -0.39 is 5.91 Å². The van der Waals surface area contributed by atoms with Gasteiger partial charge in [0.1, 0.15) is 15.4 Å². The zero-order valence-corrected chi connectivity index (χ0v) is 17.0. The van der Waals surface area contributed by atoms with E-state index in [-0.39, 0.29) is 11.2 Å². The summed E-state index contributed by atoms with van der Waals surface area (Å²) in [6.07, 6.45) is 1.87. The Kier molecular flexibility index (Phi) is 4.94. The summed E-state index contributed by atoms with van der Waals surface area (Å²) in [5.74, 6) is -0.415. The molecule has 8 heteroatoms. The normalized spacial score (nSPS) is 11.1. The molecule has 4 rings (SSSR count). The quantitative estimate of drug-likeness (QED) is 0.467. The van der Waals surface area contributed by atoms with Crippen LogP contribution in [0, 0.1) is 6.92 Å². The third-order valence-corrected chi connectivity index (χ3v) is 5.80. The molecule has 0 aliphatic rings. The number of pyridine rings is 1. The Labute approximate surface area is 171 Å². The van der Waals surface area contributed by atoms with Crippen LogP contribution in [0.15, 0.2) is 47.3 Å². The fourth-order valence-corrected chi connectivity index (χ4v) is 4.23. The second-order valence-corrected chi connectivity index (χ2v) is 7.79. The van der Waals surface area contributed by atoms with Crippen molar-refractivity contribution in [1.29, 1.82) is 0 Å². The Balaban J connectivity index is 1.67. The number of nitrogen functional groups attached to an aromatic ring is 1. The zero-order chi connectivity index (χ0) is 20.5. The van der Waals surface area contributed by atoms with Crippen LogP contribution in [0.5, 0.6) is 0 Å². The highest BCUT2D eigenvalue weighted by Gasteiger charge is 2.21. The number of nitrogens with two attached hydrogens (primary N) is 1. The van der Waals surface area contributed by atoms with Gasteiger partial charge in [-0.25, -0.2) is 9.67 Å². The van der Waals surface area contributed by atoms with E-state index >= 15 is 0 Å². The number of aromatic nitrogens is 3. The van der Waals surface area contributed by atoms with Gasteiger partial charge in [-0.15, -0.1) is 11.3 Å². The number of amides is 1. The van der Waals surface area contributed by atoms with E-state index in [1.807, 2.05) is 42.5 Å². The molecule has 4 N–H and O–H groups in total. The number of nitrogens with zero attached hydrogens (tertiary/aromatic N) is 2. The maximum absolute atomic E-state index is 12.9. The van der Waals surface area contributed by atoms with Crippen LogP contribution < -0.4 is 16.6 Å². The van der Waals surface area contributed by atoms with Crippen molar-refractivity contribution in [2.75, 3.05) is 11.1 Å². The highest BCUT2D eigenvalue weighted by molar-refractivity contribution is 7.21. The van der Waals surface area contributed by atoms with Crippen molar-refractivity contribution in [1.82, 2.24) is 14.8 Å². The van der Waals surface area contributed by atoms with E-state index in [1.165, 1.54) is 16.0 Å². The topological polar surface area (TPSA) is 106 Å². The number of aryl methyl sites for hydroxylation is 2. The van der Waals surface area contributed by atoms with Gasteiger partial charge in [-0.1, -0.05) is 31.5 Å². The molecular weight excluding hydrogens is 386 g/mol.